The van der Waals surface area contributed by atoms with Crippen molar-refractivity contribution >= 4 is 6.03 Å². The molecule has 0 aliphatic rings. The summed E-state index contributed by atoms with van der Waals surface area (Å²) in [6.07, 6.45) is 0.709. The maximum Gasteiger partial charge on any atom is 0.329 e. The summed E-state index contributed by atoms with van der Waals surface area (Å²) < 4.78 is 0. The number of nitrogens with zero attached hydrogens (tertiary/aromatic N) is 1. The molecule has 0 radical (unpaired) electrons. The largest absolute Gasteiger partial charge is 0.350 e. The van der Waals surface area contributed by atoms with Crippen LogP contribution in [0, 0.1) is 0 Å². The highest BCUT2D eigenvalue weighted by atomic mass is 16.2. The summed E-state index contributed by atoms with van der Waals surface area (Å²) in [7, 11) is 0. The molecule has 0 spiro atoms. The molecule has 0 fully saturated rings. The number of carbonyl (C=O) groups is 1. The van der Waals surface area contributed by atoms with Crippen molar-refractivity contribution in [1.82, 2.24) is 5.01 Å². The Morgan fingerprint density at radius 2 is 2.00 bits per heavy atom. The van der Waals surface area contributed by atoms with E-state index in [-0.39, 0.29) is 6.04 Å². The SMILES string of the molecule is CC(Cc1ccccc1)N(N)C(N)=O. The van der Waals surface area contributed by atoms with Gasteiger partial charge in [-0.3, -0.25) is 5.01 Å². The van der Waals surface area contributed by atoms with Crippen LogP contribution in [-0.4, -0.2) is 17.1 Å². The number of nitrogens with two attached hydrogens (primary N) is 2. The van der Waals surface area contributed by atoms with Crippen LogP contribution in [0.1, 0.15) is 12.5 Å². The Bertz CT molecular complexity index is 299. The zero-order valence-electron chi connectivity index (χ0n) is 8.18. The van der Waals surface area contributed by atoms with Gasteiger partial charge in [-0.2, -0.15) is 0 Å². The van der Waals surface area contributed by atoms with Gasteiger partial charge in [0.2, 0.25) is 0 Å². The van der Waals surface area contributed by atoms with Gasteiger partial charge in [0.05, 0.1) is 6.04 Å². The summed E-state index contributed by atoms with van der Waals surface area (Å²) >= 11 is 0. The van der Waals surface area contributed by atoms with Gasteiger partial charge in [0.15, 0.2) is 0 Å². The average molecular weight is 193 g/mol. The lowest BCUT2D eigenvalue weighted by Crippen LogP contribution is -2.48. The average Bonchev–Trinajstić information content (AvgIpc) is 2.18. The summed E-state index contributed by atoms with van der Waals surface area (Å²) in [6.45, 7) is 1.86. The molecule has 2 amide bonds. The number of hydrogen-bond acceptors (Lipinski definition) is 2. The van der Waals surface area contributed by atoms with Crippen molar-refractivity contribution in [2.45, 2.75) is 19.4 Å². The van der Waals surface area contributed by atoms with Crippen molar-refractivity contribution in [2.24, 2.45) is 11.6 Å². The molecular weight excluding hydrogens is 178 g/mol. The zero-order chi connectivity index (χ0) is 10.6. The van der Waals surface area contributed by atoms with Crippen molar-refractivity contribution in [3.8, 4) is 0 Å². The summed E-state index contributed by atoms with van der Waals surface area (Å²) in [5, 5.41) is 1.05. The Morgan fingerprint density at radius 1 is 1.43 bits per heavy atom. The van der Waals surface area contributed by atoms with Gasteiger partial charge in [0, 0.05) is 0 Å². The first-order valence-corrected chi connectivity index (χ1v) is 4.48. The molecule has 0 aliphatic carbocycles. The summed E-state index contributed by atoms with van der Waals surface area (Å²) in [6, 6.07) is 9.14. The highest BCUT2D eigenvalue weighted by Crippen LogP contribution is 2.05. The normalized spacial score (nSPS) is 12.1. The standard InChI is InChI=1S/C10H15N3O/c1-8(13(12)10(11)14)7-9-5-3-2-4-6-9/h2-6,8H,7,12H2,1H3,(H2,11,14). The van der Waals surface area contributed by atoms with E-state index in [9.17, 15) is 4.79 Å². The topological polar surface area (TPSA) is 72.3 Å². The summed E-state index contributed by atoms with van der Waals surface area (Å²) in [5.74, 6) is 5.47. The Labute approximate surface area is 83.5 Å². The number of primary amides is 1. The van der Waals surface area contributed by atoms with Gasteiger partial charge >= 0.3 is 6.03 Å². The molecule has 4 heteroatoms. The van der Waals surface area contributed by atoms with Gasteiger partial charge in [-0.05, 0) is 18.9 Å². The fraction of sp³-hybridized carbons (Fsp3) is 0.300. The van der Waals surface area contributed by atoms with Crippen molar-refractivity contribution in [1.29, 1.82) is 0 Å². The fourth-order valence-electron chi connectivity index (χ4n) is 1.27. The van der Waals surface area contributed by atoms with Gasteiger partial charge in [-0.15, -0.1) is 0 Å². The van der Waals surface area contributed by atoms with Crippen LogP contribution in [0.15, 0.2) is 30.3 Å². The Balaban J connectivity index is 2.57. The number of amides is 2. The van der Waals surface area contributed by atoms with E-state index in [1.54, 1.807) is 0 Å². The number of carbonyl (C=O) groups excluding carboxylic acids is 1. The van der Waals surface area contributed by atoms with Crippen LogP contribution >= 0.6 is 0 Å². The Hall–Kier alpha value is -1.55. The Morgan fingerprint density at radius 3 is 2.50 bits per heavy atom. The van der Waals surface area contributed by atoms with E-state index in [0.717, 1.165) is 10.6 Å². The molecule has 0 heterocycles. The maximum atomic E-state index is 10.8. The van der Waals surface area contributed by atoms with E-state index in [0.29, 0.717) is 6.42 Å². The van der Waals surface area contributed by atoms with Crippen LogP contribution in [0.25, 0.3) is 0 Å². The number of rotatable bonds is 3. The lowest BCUT2D eigenvalue weighted by atomic mass is 10.1. The van der Waals surface area contributed by atoms with Crippen LogP contribution < -0.4 is 11.6 Å². The monoisotopic (exact) mass is 193 g/mol. The van der Waals surface area contributed by atoms with Crippen LogP contribution in [0.4, 0.5) is 4.79 Å². The van der Waals surface area contributed by atoms with E-state index in [1.165, 1.54) is 0 Å². The van der Waals surface area contributed by atoms with Gasteiger partial charge in [0.1, 0.15) is 0 Å². The predicted molar refractivity (Wildman–Crippen MR) is 55.2 cm³/mol. The fourth-order valence-corrected chi connectivity index (χ4v) is 1.27. The zero-order valence-corrected chi connectivity index (χ0v) is 8.18. The molecule has 76 valence electrons. The third-order valence-corrected chi connectivity index (χ3v) is 2.10. The third kappa shape index (κ3) is 2.74. The highest BCUT2D eigenvalue weighted by molar-refractivity contribution is 5.71. The minimum Gasteiger partial charge on any atom is -0.350 e. The Kier molecular flexibility index (Phi) is 3.48. The van der Waals surface area contributed by atoms with Crippen LogP contribution in [-0.2, 0) is 6.42 Å². The predicted octanol–water partition coefficient (Wildman–Crippen LogP) is 0.872. The molecule has 0 aromatic heterocycles. The molecule has 4 N–H and O–H groups in total. The lowest BCUT2D eigenvalue weighted by molar-refractivity contribution is 0.189. The molecule has 1 aromatic rings. The minimum atomic E-state index is -0.603. The molecule has 1 rings (SSSR count). The number of urea groups is 1. The maximum absolute atomic E-state index is 10.8. The van der Waals surface area contributed by atoms with E-state index in [1.807, 2.05) is 37.3 Å². The molecule has 1 atom stereocenters. The first-order valence-electron chi connectivity index (χ1n) is 4.48. The second kappa shape index (κ2) is 4.62. The van der Waals surface area contributed by atoms with Crippen molar-refractivity contribution in [2.75, 3.05) is 0 Å². The van der Waals surface area contributed by atoms with Gasteiger partial charge in [-0.25, -0.2) is 10.6 Å². The van der Waals surface area contributed by atoms with E-state index < -0.39 is 6.03 Å². The molecule has 14 heavy (non-hydrogen) atoms. The molecule has 0 bridgehead atoms. The quantitative estimate of drug-likeness (QED) is 0.425. The van der Waals surface area contributed by atoms with Crippen LogP contribution in [0.3, 0.4) is 0 Å². The molecule has 4 nitrogen and oxygen atoms in total. The molecule has 0 saturated heterocycles. The van der Waals surface area contributed by atoms with E-state index in [4.69, 9.17) is 11.6 Å². The van der Waals surface area contributed by atoms with Gasteiger partial charge in [-0.1, -0.05) is 30.3 Å². The number of hydrogen-bond donors (Lipinski definition) is 2. The first kappa shape index (κ1) is 10.5. The van der Waals surface area contributed by atoms with Crippen molar-refractivity contribution in [3.63, 3.8) is 0 Å². The van der Waals surface area contributed by atoms with Crippen LogP contribution in [0.2, 0.25) is 0 Å². The van der Waals surface area contributed by atoms with Crippen molar-refractivity contribution in [3.05, 3.63) is 35.9 Å². The summed E-state index contributed by atoms with van der Waals surface area (Å²) in [4.78, 5) is 10.8. The number of hydrazine groups is 1. The second-order valence-electron chi connectivity index (χ2n) is 3.28. The lowest BCUT2D eigenvalue weighted by Gasteiger charge is -2.21. The molecular formula is C10H15N3O. The van der Waals surface area contributed by atoms with Gasteiger partial charge in [0.25, 0.3) is 0 Å². The first-order chi connectivity index (χ1) is 6.61. The third-order valence-electron chi connectivity index (χ3n) is 2.10. The smallest absolute Gasteiger partial charge is 0.329 e. The number of benzene rings is 1. The summed E-state index contributed by atoms with van der Waals surface area (Å²) in [5.41, 5.74) is 6.19. The molecule has 0 saturated carbocycles. The van der Waals surface area contributed by atoms with Gasteiger partial charge < -0.3 is 5.73 Å². The molecule has 1 unspecified atom stereocenters. The van der Waals surface area contributed by atoms with Crippen molar-refractivity contribution < 1.29 is 4.79 Å². The van der Waals surface area contributed by atoms with E-state index >= 15 is 0 Å². The van der Waals surface area contributed by atoms with E-state index in [2.05, 4.69) is 0 Å². The van der Waals surface area contributed by atoms with Crippen LogP contribution in [0.5, 0.6) is 0 Å². The highest BCUT2D eigenvalue weighted by Gasteiger charge is 2.13. The minimum absolute atomic E-state index is 0.0881. The second-order valence-corrected chi connectivity index (χ2v) is 3.28. The molecule has 1 aromatic carbocycles. The molecule has 0 aliphatic heterocycles.